The predicted molar refractivity (Wildman–Crippen MR) is 147 cm³/mol. The highest BCUT2D eigenvalue weighted by Gasteiger charge is 2.32. The Labute approximate surface area is 228 Å². The number of benzene rings is 3. The maximum absolute atomic E-state index is 13.8. The summed E-state index contributed by atoms with van der Waals surface area (Å²) in [6, 6.07) is 20.0. The number of halogens is 2. The highest BCUT2D eigenvalue weighted by Crippen LogP contribution is 2.26. The van der Waals surface area contributed by atoms with Crippen molar-refractivity contribution in [2.24, 2.45) is 0 Å². The Morgan fingerprint density at radius 3 is 2.05 bits per heavy atom. The zero-order valence-electron chi connectivity index (χ0n) is 20.8. The number of nitrogens with zero attached hydrogens (tertiary/aromatic N) is 2. The molecule has 1 atom stereocenters. The van der Waals surface area contributed by atoms with Crippen LogP contribution in [0.25, 0.3) is 0 Å². The molecule has 7 nitrogen and oxygen atoms in total. The molecule has 1 N–H and O–H groups in total. The summed E-state index contributed by atoms with van der Waals surface area (Å²) in [4.78, 5) is 28.1. The lowest BCUT2D eigenvalue weighted by molar-refractivity contribution is -0.139. The molecule has 3 rings (SSSR count). The number of carbonyl (C=O) groups is 2. The van der Waals surface area contributed by atoms with E-state index < -0.39 is 28.5 Å². The SMILES string of the molecule is CC(C)NC(=O)[C@@H](C)N(Cc1ccccc1Cl)C(=O)CN(c1ccc(Cl)cc1)S(=O)(=O)c1ccccc1. The Hall–Kier alpha value is -3.07. The lowest BCUT2D eigenvalue weighted by Crippen LogP contribution is -2.52. The molecule has 0 radical (unpaired) electrons. The summed E-state index contributed by atoms with van der Waals surface area (Å²) < 4.78 is 28.3. The van der Waals surface area contributed by atoms with E-state index in [0.717, 1.165) is 4.31 Å². The summed E-state index contributed by atoms with van der Waals surface area (Å²) >= 11 is 12.4. The molecule has 0 aliphatic heterocycles. The molecule has 10 heteroatoms. The molecule has 0 aromatic heterocycles. The minimum absolute atomic E-state index is 0.0189. The fourth-order valence-electron chi connectivity index (χ4n) is 3.65. The van der Waals surface area contributed by atoms with Gasteiger partial charge in [0.05, 0.1) is 10.6 Å². The average molecular weight is 563 g/mol. The first-order chi connectivity index (χ1) is 17.5. The molecule has 0 bridgehead atoms. The van der Waals surface area contributed by atoms with Gasteiger partial charge in [-0.1, -0.05) is 59.6 Å². The minimum atomic E-state index is -4.13. The number of sulfonamides is 1. The van der Waals surface area contributed by atoms with Gasteiger partial charge in [0.2, 0.25) is 11.8 Å². The van der Waals surface area contributed by atoms with Crippen molar-refractivity contribution in [3.63, 3.8) is 0 Å². The summed E-state index contributed by atoms with van der Waals surface area (Å²) in [5.41, 5.74) is 0.893. The van der Waals surface area contributed by atoms with Crippen molar-refractivity contribution >= 4 is 50.7 Å². The van der Waals surface area contributed by atoms with Crippen LogP contribution in [0.4, 0.5) is 5.69 Å². The minimum Gasteiger partial charge on any atom is -0.352 e. The van der Waals surface area contributed by atoms with Gasteiger partial charge in [-0.3, -0.25) is 13.9 Å². The van der Waals surface area contributed by atoms with Crippen LogP contribution in [0.5, 0.6) is 0 Å². The van der Waals surface area contributed by atoms with Crippen molar-refractivity contribution < 1.29 is 18.0 Å². The topological polar surface area (TPSA) is 86.8 Å². The van der Waals surface area contributed by atoms with E-state index in [1.807, 2.05) is 13.8 Å². The molecule has 196 valence electrons. The second kappa shape index (κ2) is 12.4. The van der Waals surface area contributed by atoms with Crippen molar-refractivity contribution in [2.45, 2.75) is 44.3 Å². The van der Waals surface area contributed by atoms with Gasteiger partial charge in [-0.15, -0.1) is 0 Å². The van der Waals surface area contributed by atoms with E-state index in [2.05, 4.69) is 5.32 Å². The Bertz CT molecular complexity index is 1330. The number of amides is 2. The fourth-order valence-corrected chi connectivity index (χ4v) is 5.41. The molecule has 3 aromatic rings. The van der Waals surface area contributed by atoms with Gasteiger partial charge in [0.25, 0.3) is 10.0 Å². The molecule has 2 amide bonds. The second-order valence-electron chi connectivity index (χ2n) is 8.75. The highest BCUT2D eigenvalue weighted by atomic mass is 35.5. The van der Waals surface area contributed by atoms with Crippen LogP contribution in [-0.4, -0.2) is 43.8 Å². The monoisotopic (exact) mass is 561 g/mol. The first kappa shape index (κ1) is 28.5. The highest BCUT2D eigenvalue weighted by molar-refractivity contribution is 7.92. The van der Waals surface area contributed by atoms with Crippen LogP contribution in [0.15, 0.2) is 83.8 Å². The molecule has 0 fully saturated rings. The Balaban J connectivity index is 2.02. The van der Waals surface area contributed by atoms with E-state index in [-0.39, 0.29) is 29.1 Å². The zero-order valence-corrected chi connectivity index (χ0v) is 23.1. The molecule has 37 heavy (non-hydrogen) atoms. The molecular formula is C27H29Cl2N3O4S. The summed E-state index contributed by atoms with van der Waals surface area (Å²) in [7, 11) is -4.13. The van der Waals surface area contributed by atoms with Crippen molar-refractivity contribution in [1.82, 2.24) is 10.2 Å². The van der Waals surface area contributed by atoms with Gasteiger partial charge < -0.3 is 10.2 Å². The van der Waals surface area contributed by atoms with Crippen LogP contribution in [0.3, 0.4) is 0 Å². The van der Waals surface area contributed by atoms with Gasteiger partial charge in [-0.05, 0) is 68.8 Å². The summed E-state index contributed by atoms with van der Waals surface area (Å²) in [6.07, 6.45) is 0. The third-order valence-corrected chi connectivity index (χ3v) is 8.03. The first-order valence-electron chi connectivity index (χ1n) is 11.7. The molecule has 0 spiro atoms. The molecule has 0 heterocycles. The average Bonchev–Trinajstić information content (AvgIpc) is 2.87. The van der Waals surface area contributed by atoms with E-state index in [9.17, 15) is 18.0 Å². The number of carbonyl (C=O) groups excluding carboxylic acids is 2. The summed E-state index contributed by atoms with van der Waals surface area (Å²) in [5, 5.41) is 3.67. The fraction of sp³-hybridized carbons (Fsp3) is 0.259. The Kier molecular flexibility index (Phi) is 9.59. The van der Waals surface area contributed by atoms with E-state index in [0.29, 0.717) is 15.6 Å². The standard InChI is InChI=1S/C27H29Cl2N3O4S/c1-19(2)30-27(34)20(3)31(17-21-9-7-8-12-25(21)29)26(33)18-32(23-15-13-22(28)14-16-23)37(35,36)24-10-5-4-6-11-24/h4-16,19-20H,17-18H2,1-3H3,(H,30,34)/t20-/m1/s1. The third-order valence-electron chi connectivity index (χ3n) is 5.62. The third kappa shape index (κ3) is 7.25. The molecule has 0 saturated carbocycles. The zero-order chi connectivity index (χ0) is 27.2. The number of hydrogen-bond acceptors (Lipinski definition) is 4. The van der Waals surface area contributed by atoms with E-state index >= 15 is 0 Å². The molecule has 0 aliphatic rings. The van der Waals surface area contributed by atoms with Gasteiger partial charge in [0, 0.05) is 22.6 Å². The maximum atomic E-state index is 13.8. The smallest absolute Gasteiger partial charge is 0.264 e. The molecule has 3 aromatic carbocycles. The van der Waals surface area contributed by atoms with E-state index in [1.54, 1.807) is 61.5 Å². The van der Waals surface area contributed by atoms with Crippen LogP contribution in [0.2, 0.25) is 10.0 Å². The molecular weight excluding hydrogens is 533 g/mol. The second-order valence-corrected chi connectivity index (χ2v) is 11.5. The van der Waals surface area contributed by atoms with Gasteiger partial charge in [0.1, 0.15) is 12.6 Å². The number of rotatable bonds is 10. The quantitative estimate of drug-likeness (QED) is 0.371. The lowest BCUT2D eigenvalue weighted by Gasteiger charge is -2.32. The van der Waals surface area contributed by atoms with Gasteiger partial charge in [-0.2, -0.15) is 0 Å². The number of anilines is 1. The van der Waals surface area contributed by atoms with Gasteiger partial charge >= 0.3 is 0 Å². The van der Waals surface area contributed by atoms with Crippen molar-refractivity contribution in [1.29, 1.82) is 0 Å². The van der Waals surface area contributed by atoms with Crippen LogP contribution in [0, 0.1) is 0 Å². The first-order valence-corrected chi connectivity index (χ1v) is 13.9. The predicted octanol–water partition coefficient (Wildman–Crippen LogP) is 5.13. The van der Waals surface area contributed by atoms with Crippen LogP contribution < -0.4 is 9.62 Å². The molecule has 0 saturated heterocycles. The van der Waals surface area contributed by atoms with Crippen molar-refractivity contribution in [3.8, 4) is 0 Å². The lowest BCUT2D eigenvalue weighted by atomic mass is 10.1. The molecule has 0 unspecified atom stereocenters. The van der Waals surface area contributed by atoms with Crippen LogP contribution >= 0.6 is 23.2 Å². The van der Waals surface area contributed by atoms with Crippen molar-refractivity contribution in [2.75, 3.05) is 10.8 Å². The Morgan fingerprint density at radius 2 is 1.46 bits per heavy atom. The van der Waals surface area contributed by atoms with Crippen LogP contribution in [0.1, 0.15) is 26.3 Å². The normalized spacial score (nSPS) is 12.2. The molecule has 0 aliphatic carbocycles. The summed E-state index contributed by atoms with van der Waals surface area (Å²) in [6.45, 7) is 4.72. The number of hydrogen-bond donors (Lipinski definition) is 1. The van der Waals surface area contributed by atoms with Crippen molar-refractivity contribution in [3.05, 3.63) is 94.5 Å². The van der Waals surface area contributed by atoms with Crippen LogP contribution in [-0.2, 0) is 26.2 Å². The largest absolute Gasteiger partial charge is 0.352 e. The number of nitrogens with one attached hydrogen (secondary N) is 1. The van der Waals surface area contributed by atoms with Gasteiger partial charge in [0.15, 0.2) is 0 Å². The Morgan fingerprint density at radius 1 is 0.865 bits per heavy atom. The van der Waals surface area contributed by atoms with Gasteiger partial charge in [-0.25, -0.2) is 8.42 Å². The maximum Gasteiger partial charge on any atom is 0.264 e. The summed E-state index contributed by atoms with van der Waals surface area (Å²) in [5.74, 6) is -0.930. The van der Waals surface area contributed by atoms with E-state index in [1.165, 1.54) is 29.2 Å². The van der Waals surface area contributed by atoms with E-state index in [4.69, 9.17) is 23.2 Å².